The third kappa shape index (κ3) is 7.17. The molecule has 0 fully saturated rings. The average molecular weight is 145 g/mol. The quantitative estimate of drug-likeness (QED) is 0.563. The van der Waals surface area contributed by atoms with Crippen molar-refractivity contribution >= 4 is 5.91 Å². The first kappa shape index (κ1) is 11.9. The van der Waals surface area contributed by atoms with E-state index in [9.17, 15) is 4.79 Å². The summed E-state index contributed by atoms with van der Waals surface area (Å²) in [5.74, 6) is 0.414. The Balaban J connectivity index is 0. The van der Waals surface area contributed by atoms with Crippen molar-refractivity contribution in [2.45, 2.75) is 13.8 Å². The van der Waals surface area contributed by atoms with Crippen LogP contribution >= 0.6 is 0 Å². The number of hydrogen-bond acceptors (Lipinski definition) is 1. The molecule has 0 saturated heterocycles. The van der Waals surface area contributed by atoms with Crippen molar-refractivity contribution in [3.63, 3.8) is 0 Å². The van der Waals surface area contributed by atoms with Crippen LogP contribution in [0.15, 0.2) is 12.7 Å². The molecule has 10 heavy (non-hydrogen) atoms. The fraction of sp³-hybridized carbons (Fsp3) is 0.571. The minimum atomic E-state index is -0.0938. The van der Waals surface area contributed by atoms with Gasteiger partial charge in [0.1, 0.15) is 0 Å². The van der Waals surface area contributed by atoms with E-state index in [2.05, 4.69) is 11.9 Å². The first-order chi connectivity index (χ1) is 4.16. The second kappa shape index (κ2) is 6.29. The van der Waals surface area contributed by atoms with Gasteiger partial charge in [0.2, 0.25) is 5.91 Å². The Hall–Kier alpha value is -0.830. The third-order valence-electron chi connectivity index (χ3n) is 0.870. The molecule has 0 radical (unpaired) electrons. The lowest BCUT2D eigenvalue weighted by Crippen LogP contribution is -2.24. The second-order valence-electron chi connectivity index (χ2n) is 2.34. The van der Waals surface area contributed by atoms with Crippen LogP contribution in [0.4, 0.5) is 0 Å². The molecule has 0 unspecified atom stereocenters. The molecule has 0 heterocycles. The van der Waals surface area contributed by atoms with E-state index >= 15 is 0 Å². The smallest absolute Gasteiger partial charge is 0.243 e. The average Bonchev–Trinajstić information content (AvgIpc) is 1.83. The van der Waals surface area contributed by atoms with Gasteiger partial charge in [-0.3, -0.25) is 4.79 Å². The van der Waals surface area contributed by atoms with Crippen LogP contribution in [-0.4, -0.2) is 17.9 Å². The van der Waals surface area contributed by atoms with E-state index in [1.165, 1.54) is 6.08 Å². The number of rotatable bonds is 3. The zero-order chi connectivity index (χ0) is 7.28. The van der Waals surface area contributed by atoms with Gasteiger partial charge in [-0.05, 0) is 12.0 Å². The SMILES string of the molecule is C=CC(=O)NCC(C)C.O. The predicted octanol–water partition coefficient (Wildman–Crippen LogP) is 0.120. The van der Waals surface area contributed by atoms with Crippen molar-refractivity contribution in [2.75, 3.05) is 6.54 Å². The van der Waals surface area contributed by atoms with Crippen LogP contribution < -0.4 is 5.32 Å². The highest BCUT2D eigenvalue weighted by molar-refractivity contribution is 5.86. The lowest BCUT2D eigenvalue weighted by atomic mass is 10.2. The van der Waals surface area contributed by atoms with E-state index < -0.39 is 0 Å². The van der Waals surface area contributed by atoms with E-state index in [-0.39, 0.29) is 11.4 Å². The molecule has 0 aromatic heterocycles. The highest BCUT2D eigenvalue weighted by Gasteiger charge is 1.94. The molecule has 0 bridgehead atoms. The molecular formula is C7H15NO2. The lowest BCUT2D eigenvalue weighted by molar-refractivity contribution is -0.116. The van der Waals surface area contributed by atoms with E-state index in [0.717, 1.165) is 6.54 Å². The molecule has 0 aliphatic rings. The van der Waals surface area contributed by atoms with E-state index in [1.54, 1.807) is 0 Å². The summed E-state index contributed by atoms with van der Waals surface area (Å²) in [4.78, 5) is 10.5. The molecule has 0 rings (SSSR count). The fourth-order valence-electron chi connectivity index (χ4n) is 0.377. The maximum absolute atomic E-state index is 10.5. The summed E-state index contributed by atoms with van der Waals surface area (Å²) < 4.78 is 0. The Morgan fingerprint density at radius 2 is 2.20 bits per heavy atom. The summed E-state index contributed by atoms with van der Waals surface area (Å²) in [5, 5.41) is 2.67. The highest BCUT2D eigenvalue weighted by Crippen LogP contribution is 1.86. The van der Waals surface area contributed by atoms with Crippen molar-refractivity contribution in [3.05, 3.63) is 12.7 Å². The van der Waals surface area contributed by atoms with Crippen molar-refractivity contribution in [1.82, 2.24) is 5.32 Å². The van der Waals surface area contributed by atoms with Crippen molar-refractivity contribution < 1.29 is 10.3 Å². The first-order valence-electron chi connectivity index (χ1n) is 3.07. The van der Waals surface area contributed by atoms with Crippen LogP contribution in [0, 0.1) is 5.92 Å². The van der Waals surface area contributed by atoms with Gasteiger partial charge in [0.15, 0.2) is 0 Å². The molecule has 60 valence electrons. The molecule has 0 spiro atoms. The minimum absolute atomic E-state index is 0. The summed E-state index contributed by atoms with van der Waals surface area (Å²) in [5.41, 5.74) is 0. The van der Waals surface area contributed by atoms with Crippen molar-refractivity contribution in [2.24, 2.45) is 5.92 Å². The molecule has 3 nitrogen and oxygen atoms in total. The molecule has 3 heteroatoms. The van der Waals surface area contributed by atoms with Gasteiger partial charge >= 0.3 is 0 Å². The number of carbonyl (C=O) groups is 1. The number of hydrogen-bond donors (Lipinski definition) is 1. The van der Waals surface area contributed by atoms with E-state index in [4.69, 9.17) is 0 Å². The van der Waals surface area contributed by atoms with Crippen LogP contribution in [0.25, 0.3) is 0 Å². The number of amides is 1. The van der Waals surface area contributed by atoms with Gasteiger partial charge in [-0.15, -0.1) is 0 Å². The molecule has 1 amide bonds. The molecule has 0 atom stereocenters. The monoisotopic (exact) mass is 145 g/mol. The van der Waals surface area contributed by atoms with Crippen molar-refractivity contribution in [3.8, 4) is 0 Å². The first-order valence-corrected chi connectivity index (χ1v) is 3.07. The predicted molar refractivity (Wildman–Crippen MR) is 41.7 cm³/mol. The molecule has 0 aromatic carbocycles. The Kier molecular flexibility index (Phi) is 7.49. The summed E-state index contributed by atoms with van der Waals surface area (Å²) in [6, 6.07) is 0. The molecule has 0 aliphatic heterocycles. The maximum Gasteiger partial charge on any atom is 0.243 e. The lowest BCUT2D eigenvalue weighted by Gasteiger charge is -2.03. The Labute approximate surface area is 61.4 Å². The zero-order valence-corrected chi connectivity index (χ0v) is 6.48. The topological polar surface area (TPSA) is 60.6 Å². The summed E-state index contributed by atoms with van der Waals surface area (Å²) in [7, 11) is 0. The highest BCUT2D eigenvalue weighted by atomic mass is 16.1. The summed E-state index contributed by atoms with van der Waals surface area (Å²) in [6.07, 6.45) is 1.28. The number of carbonyl (C=O) groups excluding carboxylic acids is 1. The van der Waals surface area contributed by atoms with Crippen LogP contribution in [0.5, 0.6) is 0 Å². The van der Waals surface area contributed by atoms with Gasteiger partial charge in [0.25, 0.3) is 0 Å². The molecule has 0 aromatic rings. The van der Waals surface area contributed by atoms with Gasteiger partial charge in [-0.25, -0.2) is 0 Å². The second-order valence-corrected chi connectivity index (χ2v) is 2.34. The standard InChI is InChI=1S/C7H13NO.H2O/c1-4-7(9)8-5-6(2)3;/h4,6H,1,5H2,2-3H3,(H,8,9);1H2. The van der Waals surface area contributed by atoms with Crippen LogP contribution in [-0.2, 0) is 4.79 Å². The Morgan fingerprint density at radius 3 is 2.50 bits per heavy atom. The van der Waals surface area contributed by atoms with Crippen LogP contribution in [0.2, 0.25) is 0 Å². The van der Waals surface area contributed by atoms with E-state index in [1.807, 2.05) is 13.8 Å². The Bertz CT molecular complexity index is 110. The summed E-state index contributed by atoms with van der Waals surface area (Å²) >= 11 is 0. The molecular weight excluding hydrogens is 130 g/mol. The summed E-state index contributed by atoms with van der Waals surface area (Å²) in [6.45, 7) is 8.14. The normalized spacial score (nSPS) is 8.30. The third-order valence-corrected chi connectivity index (χ3v) is 0.870. The molecule has 3 N–H and O–H groups in total. The van der Waals surface area contributed by atoms with Gasteiger partial charge in [0.05, 0.1) is 0 Å². The van der Waals surface area contributed by atoms with Gasteiger partial charge < -0.3 is 10.8 Å². The zero-order valence-electron chi connectivity index (χ0n) is 6.48. The van der Waals surface area contributed by atoms with Crippen molar-refractivity contribution in [1.29, 1.82) is 0 Å². The van der Waals surface area contributed by atoms with Gasteiger partial charge in [-0.1, -0.05) is 20.4 Å². The minimum Gasteiger partial charge on any atom is -0.412 e. The molecule has 0 aliphatic carbocycles. The van der Waals surface area contributed by atoms with Gasteiger partial charge in [0, 0.05) is 6.54 Å². The fourth-order valence-corrected chi connectivity index (χ4v) is 0.377. The molecule has 0 saturated carbocycles. The van der Waals surface area contributed by atoms with Crippen LogP contribution in [0.3, 0.4) is 0 Å². The van der Waals surface area contributed by atoms with Gasteiger partial charge in [-0.2, -0.15) is 0 Å². The maximum atomic E-state index is 10.5. The largest absolute Gasteiger partial charge is 0.412 e. The number of nitrogens with one attached hydrogen (secondary N) is 1. The Morgan fingerprint density at radius 1 is 1.70 bits per heavy atom. The van der Waals surface area contributed by atoms with E-state index in [0.29, 0.717) is 5.92 Å². The van der Waals surface area contributed by atoms with Crippen LogP contribution in [0.1, 0.15) is 13.8 Å².